The van der Waals surface area contributed by atoms with Gasteiger partial charge in [-0.05, 0) is 44.0 Å². The molecule has 1 N–H and O–H groups in total. The summed E-state index contributed by atoms with van der Waals surface area (Å²) in [4.78, 5) is 4.36. The highest BCUT2D eigenvalue weighted by Crippen LogP contribution is 2.19. The molecule has 0 saturated carbocycles. The van der Waals surface area contributed by atoms with Crippen molar-refractivity contribution in [3.63, 3.8) is 0 Å². The maximum Gasteiger partial charge on any atom is 0.0962 e. The zero-order valence-corrected chi connectivity index (χ0v) is 10.0. The van der Waals surface area contributed by atoms with E-state index in [-0.39, 0.29) is 0 Å². The first-order valence-electron chi connectivity index (χ1n) is 5.63. The van der Waals surface area contributed by atoms with Gasteiger partial charge in [0, 0.05) is 18.0 Å². The second-order valence-electron chi connectivity index (χ2n) is 4.13. The third-order valence-corrected chi connectivity index (χ3v) is 3.82. The summed E-state index contributed by atoms with van der Waals surface area (Å²) in [6.07, 6.45) is 5.92. The first-order valence-corrected chi connectivity index (χ1v) is 6.62. The SMILES string of the molecule is Cc1ccnc(SC[C@H]2CCCCN2)c1. The Kier molecular flexibility index (Phi) is 4.03. The molecule has 1 aliphatic heterocycles. The van der Waals surface area contributed by atoms with Crippen LogP contribution in [0.15, 0.2) is 23.4 Å². The topological polar surface area (TPSA) is 24.9 Å². The van der Waals surface area contributed by atoms with E-state index in [1.54, 1.807) is 0 Å². The van der Waals surface area contributed by atoms with Crippen LogP contribution in [0.2, 0.25) is 0 Å². The van der Waals surface area contributed by atoms with Crippen molar-refractivity contribution in [2.45, 2.75) is 37.3 Å². The van der Waals surface area contributed by atoms with E-state index in [2.05, 4.69) is 23.3 Å². The number of piperidine rings is 1. The van der Waals surface area contributed by atoms with Crippen LogP contribution in [0.3, 0.4) is 0 Å². The lowest BCUT2D eigenvalue weighted by molar-refractivity contribution is 0.430. The second kappa shape index (κ2) is 5.52. The first kappa shape index (κ1) is 11.0. The van der Waals surface area contributed by atoms with Gasteiger partial charge in [-0.3, -0.25) is 0 Å². The van der Waals surface area contributed by atoms with Crippen LogP contribution < -0.4 is 5.32 Å². The molecule has 0 spiro atoms. The molecule has 0 aromatic carbocycles. The lowest BCUT2D eigenvalue weighted by atomic mass is 10.1. The molecule has 1 atom stereocenters. The Hall–Kier alpha value is -0.540. The summed E-state index contributed by atoms with van der Waals surface area (Å²) in [7, 11) is 0. The number of rotatable bonds is 3. The Morgan fingerprint density at radius 3 is 3.20 bits per heavy atom. The largest absolute Gasteiger partial charge is 0.313 e. The van der Waals surface area contributed by atoms with Gasteiger partial charge in [-0.2, -0.15) is 0 Å². The van der Waals surface area contributed by atoms with Crippen LogP contribution >= 0.6 is 11.8 Å². The minimum Gasteiger partial charge on any atom is -0.313 e. The highest BCUT2D eigenvalue weighted by molar-refractivity contribution is 7.99. The Morgan fingerprint density at radius 1 is 1.53 bits per heavy atom. The van der Waals surface area contributed by atoms with Crippen LogP contribution in [0.5, 0.6) is 0 Å². The zero-order chi connectivity index (χ0) is 10.5. The maximum atomic E-state index is 4.36. The first-order chi connectivity index (χ1) is 7.34. The predicted octanol–water partition coefficient (Wildman–Crippen LogP) is 2.62. The molecule has 0 unspecified atom stereocenters. The van der Waals surface area contributed by atoms with Gasteiger partial charge in [-0.25, -0.2) is 4.98 Å². The smallest absolute Gasteiger partial charge is 0.0962 e. The lowest BCUT2D eigenvalue weighted by Crippen LogP contribution is -2.35. The van der Waals surface area contributed by atoms with Crippen molar-refractivity contribution in [3.05, 3.63) is 23.9 Å². The Balaban J connectivity index is 1.81. The van der Waals surface area contributed by atoms with Gasteiger partial charge in [-0.15, -0.1) is 11.8 Å². The molecule has 82 valence electrons. The van der Waals surface area contributed by atoms with Crippen molar-refractivity contribution in [1.82, 2.24) is 10.3 Å². The van der Waals surface area contributed by atoms with Crippen LogP contribution in [-0.4, -0.2) is 23.3 Å². The highest BCUT2D eigenvalue weighted by atomic mass is 32.2. The van der Waals surface area contributed by atoms with Crippen LogP contribution in [-0.2, 0) is 0 Å². The molecule has 3 heteroatoms. The van der Waals surface area contributed by atoms with Gasteiger partial charge in [0.15, 0.2) is 0 Å². The average molecular weight is 222 g/mol. The van der Waals surface area contributed by atoms with Crippen LogP contribution in [0.1, 0.15) is 24.8 Å². The molecule has 0 radical (unpaired) electrons. The van der Waals surface area contributed by atoms with Crippen LogP contribution in [0.25, 0.3) is 0 Å². The molecule has 1 fully saturated rings. The third kappa shape index (κ3) is 3.50. The summed E-state index contributed by atoms with van der Waals surface area (Å²) < 4.78 is 0. The van der Waals surface area contributed by atoms with Crippen molar-refractivity contribution in [2.24, 2.45) is 0 Å². The molecule has 2 heterocycles. The van der Waals surface area contributed by atoms with Gasteiger partial charge >= 0.3 is 0 Å². The zero-order valence-electron chi connectivity index (χ0n) is 9.20. The third-order valence-electron chi connectivity index (χ3n) is 2.74. The Morgan fingerprint density at radius 2 is 2.47 bits per heavy atom. The molecule has 1 aromatic rings. The number of hydrogen-bond acceptors (Lipinski definition) is 3. The van der Waals surface area contributed by atoms with Gasteiger partial charge in [-0.1, -0.05) is 6.42 Å². The predicted molar refractivity (Wildman–Crippen MR) is 65.3 cm³/mol. The fourth-order valence-corrected chi connectivity index (χ4v) is 2.90. The molecule has 0 aliphatic carbocycles. The molecule has 0 amide bonds. The monoisotopic (exact) mass is 222 g/mol. The van der Waals surface area contributed by atoms with E-state index >= 15 is 0 Å². The standard InChI is InChI=1S/C12H18N2S/c1-10-5-7-14-12(8-10)15-9-11-4-2-3-6-13-11/h5,7-8,11,13H,2-4,6,9H2,1H3/t11-/m1/s1. The summed E-state index contributed by atoms with van der Waals surface area (Å²) in [5.41, 5.74) is 1.30. The summed E-state index contributed by atoms with van der Waals surface area (Å²) in [5, 5.41) is 4.71. The van der Waals surface area contributed by atoms with E-state index in [4.69, 9.17) is 0 Å². The molecular formula is C12H18N2S. The maximum absolute atomic E-state index is 4.36. The minimum atomic E-state index is 0.686. The van der Waals surface area contributed by atoms with E-state index < -0.39 is 0 Å². The van der Waals surface area contributed by atoms with Crippen molar-refractivity contribution in [3.8, 4) is 0 Å². The van der Waals surface area contributed by atoms with Gasteiger partial charge in [0.1, 0.15) is 0 Å². The fourth-order valence-electron chi connectivity index (χ4n) is 1.84. The number of pyridine rings is 1. The number of hydrogen-bond donors (Lipinski definition) is 1. The summed E-state index contributed by atoms with van der Waals surface area (Å²) >= 11 is 1.87. The van der Waals surface area contributed by atoms with Crippen LogP contribution in [0.4, 0.5) is 0 Å². The number of aromatic nitrogens is 1. The molecule has 2 nitrogen and oxygen atoms in total. The van der Waals surface area contributed by atoms with E-state index in [1.807, 2.05) is 24.0 Å². The highest BCUT2D eigenvalue weighted by Gasteiger charge is 2.12. The van der Waals surface area contributed by atoms with Gasteiger partial charge < -0.3 is 5.32 Å². The summed E-state index contributed by atoms with van der Waals surface area (Å²) in [6.45, 7) is 3.30. The molecular weight excluding hydrogens is 204 g/mol. The second-order valence-corrected chi connectivity index (χ2v) is 5.17. The van der Waals surface area contributed by atoms with Gasteiger partial charge in [0.25, 0.3) is 0 Å². The van der Waals surface area contributed by atoms with E-state index in [9.17, 15) is 0 Å². The van der Waals surface area contributed by atoms with Crippen molar-refractivity contribution in [2.75, 3.05) is 12.3 Å². The van der Waals surface area contributed by atoms with Crippen molar-refractivity contribution >= 4 is 11.8 Å². The number of nitrogens with one attached hydrogen (secondary N) is 1. The van der Waals surface area contributed by atoms with Crippen molar-refractivity contribution in [1.29, 1.82) is 0 Å². The number of thioether (sulfide) groups is 1. The van der Waals surface area contributed by atoms with Gasteiger partial charge in [0.05, 0.1) is 5.03 Å². The number of aryl methyl sites for hydroxylation is 1. The minimum absolute atomic E-state index is 0.686. The lowest BCUT2D eigenvalue weighted by Gasteiger charge is -2.22. The van der Waals surface area contributed by atoms with Crippen LogP contribution in [0, 0.1) is 6.92 Å². The van der Waals surface area contributed by atoms with E-state index in [0.29, 0.717) is 6.04 Å². The van der Waals surface area contributed by atoms with E-state index in [0.717, 1.165) is 10.8 Å². The van der Waals surface area contributed by atoms with Crippen molar-refractivity contribution < 1.29 is 0 Å². The summed E-state index contributed by atoms with van der Waals surface area (Å²) in [6, 6.07) is 4.89. The number of nitrogens with zero attached hydrogens (tertiary/aromatic N) is 1. The Bertz CT molecular complexity index is 308. The summed E-state index contributed by atoms with van der Waals surface area (Å²) in [5.74, 6) is 1.15. The molecule has 1 aliphatic rings. The molecule has 15 heavy (non-hydrogen) atoms. The molecule has 1 saturated heterocycles. The van der Waals surface area contributed by atoms with E-state index in [1.165, 1.54) is 31.4 Å². The molecule has 2 rings (SSSR count). The molecule has 1 aromatic heterocycles. The fraction of sp³-hybridized carbons (Fsp3) is 0.583. The van der Waals surface area contributed by atoms with Gasteiger partial charge in [0.2, 0.25) is 0 Å². The normalized spacial score (nSPS) is 21.5. The molecule has 0 bridgehead atoms. The average Bonchev–Trinajstić information content (AvgIpc) is 2.28. The quantitative estimate of drug-likeness (QED) is 0.796. The Labute approximate surface area is 95.9 Å².